The summed E-state index contributed by atoms with van der Waals surface area (Å²) in [4.78, 5) is 11.8. The predicted molar refractivity (Wildman–Crippen MR) is 65.9 cm³/mol. The first-order chi connectivity index (χ1) is 10.3. The normalized spacial score (nSPS) is 11.5. The third-order valence-electron chi connectivity index (χ3n) is 2.34. The predicted octanol–water partition coefficient (Wildman–Crippen LogP) is 3.41. The van der Waals surface area contributed by atoms with Crippen molar-refractivity contribution >= 4 is 23.1 Å². The third kappa shape index (κ3) is 3.87. The van der Waals surface area contributed by atoms with E-state index in [-0.39, 0.29) is 10.6 Å². The Hall–Kier alpha value is -2.30. The Morgan fingerprint density at radius 3 is 2.59 bits per heavy atom. The van der Waals surface area contributed by atoms with Crippen molar-refractivity contribution in [2.45, 2.75) is 12.8 Å². The Bertz CT molecular complexity index is 660. The van der Waals surface area contributed by atoms with Gasteiger partial charge in [0.2, 0.25) is 0 Å². The molecule has 2 rings (SSSR count). The van der Waals surface area contributed by atoms with Crippen LogP contribution in [0.15, 0.2) is 24.4 Å². The average molecular weight is 339 g/mol. The lowest BCUT2D eigenvalue weighted by molar-refractivity contribution is -0.141. The molecule has 0 aliphatic heterocycles. The fourth-order valence-electron chi connectivity index (χ4n) is 1.49. The van der Waals surface area contributed by atoms with Gasteiger partial charge in [0.05, 0.1) is 11.8 Å². The van der Waals surface area contributed by atoms with Crippen molar-refractivity contribution in [3.8, 4) is 5.75 Å². The molecule has 0 saturated heterocycles. The zero-order chi connectivity index (χ0) is 16.3. The summed E-state index contributed by atoms with van der Waals surface area (Å²) < 4.78 is 70.0. The summed E-state index contributed by atoms with van der Waals surface area (Å²) in [5.74, 6) is -1.74. The quantitative estimate of drug-likeness (QED) is 0.867. The molecule has 118 valence electrons. The number of amides is 1. The Morgan fingerprint density at radius 2 is 2.05 bits per heavy atom. The first kappa shape index (κ1) is 16.1. The largest absolute Gasteiger partial charge is 0.434 e. The molecule has 5 nitrogen and oxygen atoms in total. The van der Waals surface area contributed by atoms with E-state index in [4.69, 9.17) is 0 Å². The van der Waals surface area contributed by atoms with Crippen LogP contribution in [0.5, 0.6) is 5.75 Å². The molecule has 0 atom stereocenters. The van der Waals surface area contributed by atoms with Crippen molar-refractivity contribution in [1.29, 1.82) is 0 Å². The molecular weight excluding hydrogens is 333 g/mol. The Morgan fingerprint density at radius 1 is 1.32 bits per heavy atom. The van der Waals surface area contributed by atoms with Gasteiger partial charge in [0.1, 0.15) is 10.6 Å². The van der Waals surface area contributed by atoms with Gasteiger partial charge in [-0.1, -0.05) is 4.49 Å². The van der Waals surface area contributed by atoms with Crippen LogP contribution in [-0.4, -0.2) is 22.1 Å². The first-order valence-electron chi connectivity index (χ1n) is 5.52. The van der Waals surface area contributed by atoms with Gasteiger partial charge in [-0.25, -0.2) is 0 Å². The summed E-state index contributed by atoms with van der Waals surface area (Å²) in [7, 11) is 0. The van der Waals surface area contributed by atoms with E-state index >= 15 is 0 Å². The van der Waals surface area contributed by atoms with Crippen LogP contribution in [0.3, 0.4) is 0 Å². The number of hydrogen-bond donors (Lipinski definition) is 1. The molecule has 0 aliphatic rings. The molecule has 0 unspecified atom stereocenters. The minimum Gasteiger partial charge on any atom is -0.434 e. The van der Waals surface area contributed by atoms with Crippen LogP contribution >= 0.6 is 11.5 Å². The highest BCUT2D eigenvalue weighted by atomic mass is 32.1. The number of hydrogen-bond acceptors (Lipinski definition) is 5. The summed E-state index contributed by atoms with van der Waals surface area (Å²) in [5.41, 5.74) is -1.65. The number of benzene rings is 1. The summed E-state index contributed by atoms with van der Waals surface area (Å²) in [6.07, 6.45) is -3.78. The summed E-state index contributed by atoms with van der Waals surface area (Å²) in [6, 6.07) is 2.22. The number of carbonyl (C=O) groups excluding carboxylic acids is 1. The minimum absolute atomic E-state index is 0.0847. The highest BCUT2D eigenvalue weighted by Gasteiger charge is 2.35. The zero-order valence-corrected chi connectivity index (χ0v) is 11.2. The topological polar surface area (TPSA) is 64.1 Å². The number of nitrogens with one attached hydrogen (secondary N) is 1. The second-order valence-corrected chi connectivity index (χ2v) is 4.61. The van der Waals surface area contributed by atoms with E-state index < -0.39 is 30.0 Å². The molecule has 0 fully saturated rings. The minimum atomic E-state index is -4.92. The van der Waals surface area contributed by atoms with E-state index in [1.54, 1.807) is 0 Å². The molecule has 2 aromatic rings. The fourth-order valence-corrected chi connectivity index (χ4v) is 1.90. The van der Waals surface area contributed by atoms with Crippen LogP contribution in [0.1, 0.15) is 15.2 Å². The van der Waals surface area contributed by atoms with E-state index in [9.17, 15) is 26.7 Å². The maximum absolute atomic E-state index is 12.8. The Kier molecular flexibility index (Phi) is 4.54. The smallest absolute Gasteiger partial charge is 0.420 e. The molecule has 1 N–H and O–H groups in total. The fraction of sp³-hybridized carbons (Fsp3) is 0.182. The van der Waals surface area contributed by atoms with Crippen LogP contribution in [0.4, 0.5) is 27.6 Å². The van der Waals surface area contributed by atoms with Crippen molar-refractivity contribution in [3.05, 3.63) is 34.8 Å². The Balaban J connectivity index is 2.28. The number of anilines is 1. The maximum atomic E-state index is 12.8. The first-order valence-corrected chi connectivity index (χ1v) is 6.29. The number of aromatic nitrogens is 2. The van der Waals surface area contributed by atoms with Crippen LogP contribution in [0.2, 0.25) is 0 Å². The van der Waals surface area contributed by atoms with Crippen molar-refractivity contribution in [2.24, 2.45) is 0 Å². The molecule has 0 spiro atoms. The van der Waals surface area contributed by atoms with E-state index in [1.807, 2.05) is 0 Å². The van der Waals surface area contributed by atoms with Gasteiger partial charge < -0.3 is 10.1 Å². The molecule has 0 saturated carbocycles. The van der Waals surface area contributed by atoms with Crippen molar-refractivity contribution in [3.63, 3.8) is 0 Å². The van der Waals surface area contributed by atoms with E-state index in [1.165, 1.54) is 0 Å². The number of ether oxygens (including phenoxy) is 1. The van der Waals surface area contributed by atoms with Gasteiger partial charge in [-0.3, -0.25) is 4.79 Å². The summed E-state index contributed by atoms with van der Waals surface area (Å²) >= 11 is 0.752. The number of nitrogens with zero attached hydrogens (tertiary/aromatic N) is 2. The highest BCUT2D eigenvalue weighted by Crippen LogP contribution is 2.38. The van der Waals surface area contributed by atoms with Crippen LogP contribution in [-0.2, 0) is 6.18 Å². The highest BCUT2D eigenvalue weighted by molar-refractivity contribution is 7.07. The summed E-state index contributed by atoms with van der Waals surface area (Å²) in [5, 5.41) is 5.60. The van der Waals surface area contributed by atoms with Crippen LogP contribution in [0, 0.1) is 0 Å². The molecule has 1 heterocycles. The second-order valence-electron chi connectivity index (χ2n) is 3.82. The lowest BCUT2D eigenvalue weighted by atomic mass is 10.1. The van der Waals surface area contributed by atoms with Crippen molar-refractivity contribution in [2.75, 3.05) is 5.32 Å². The number of rotatable bonds is 4. The van der Waals surface area contributed by atoms with E-state index in [0.29, 0.717) is 12.1 Å². The third-order valence-corrected chi connectivity index (χ3v) is 3.01. The van der Waals surface area contributed by atoms with Gasteiger partial charge in [-0.15, -0.1) is 5.10 Å². The monoisotopic (exact) mass is 339 g/mol. The van der Waals surface area contributed by atoms with Gasteiger partial charge in [0.25, 0.3) is 5.91 Å². The van der Waals surface area contributed by atoms with E-state index in [2.05, 4.69) is 19.6 Å². The second kappa shape index (κ2) is 6.22. The molecule has 1 amide bonds. The molecular formula is C11H6F5N3O2S. The molecule has 0 bridgehead atoms. The lowest BCUT2D eigenvalue weighted by Gasteiger charge is -2.15. The van der Waals surface area contributed by atoms with Crippen LogP contribution in [0.25, 0.3) is 0 Å². The molecule has 0 radical (unpaired) electrons. The maximum Gasteiger partial charge on any atom is 0.420 e. The molecule has 1 aromatic carbocycles. The molecule has 1 aromatic heterocycles. The Labute approximate surface area is 123 Å². The SMILES string of the molecule is O=C(Nc1ccc(OC(F)F)c(C(F)(F)F)c1)c1cnns1. The van der Waals surface area contributed by atoms with Gasteiger partial charge in [0, 0.05) is 5.69 Å². The van der Waals surface area contributed by atoms with Crippen molar-refractivity contribution < 1.29 is 31.5 Å². The van der Waals surface area contributed by atoms with Gasteiger partial charge in [0.15, 0.2) is 0 Å². The zero-order valence-electron chi connectivity index (χ0n) is 10.4. The van der Waals surface area contributed by atoms with E-state index in [0.717, 1.165) is 23.8 Å². The van der Waals surface area contributed by atoms with Gasteiger partial charge >= 0.3 is 12.8 Å². The van der Waals surface area contributed by atoms with Gasteiger partial charge in [-0.05, 0) is 29.7 Å². The number of halogens is 5. The molecule has 22 heavy (non-hydrogen) atoms. The van der Waals surface area contributed by atoms with Crippen molar-refractivity contribution in [1.82, 2.24) is 9.59 Å². The number of alkyl halides is 5. The van der Waals surface area contributed by atoms with Crippen LogP contribution < -0.4 is 10.1 Å². The lowest BCUT2D eigenvalue weighted by Crippen LogP contribution is -2.14. The molecule has 0 aliphatic carbocycles. The standard InChI is InChI=1S/C11H6F5N3O2S/c12-10(13)21-7-2-1-5(3-6(7)11(14,15)16)18-9(20)8-4-17-19-22-8/h1-4,10H,(H,18,20). The molecule has 11 heteroatoms. The average Bonchev–Trinajstić information content (AvgIpc) is 2.92. The van der Waals surface area contributed by atoms with Gasteiger partial charge in [-0.2, -0.15) is 22.0 Å². The summed E-state index contributed by atoms with van der Waals surface area (Å²) in [6.45, 7) is -3.40. The number of carbonyl (C=O) groups is 1.